The zero-order chi connectivity index (χ0) is 15.9. The van der Waals surface area contributed by atoms with Crippen molar-refractivity contribution in [2.45, 2.75) is 13.8 Å². The van der Waals surface area contributed by atoms with Gasteiger partial charge in [0.1, 0.15) is 5.75 Å². The molecular formula is C18H16ClNO2. The lowest BCUT2D eigenvalue weighted by Crippen LogP contribution is -1.91. The molecule has 1 aromatic heterocycles. The molecule has 1 heterocycles. The van der Waals surface area contributed by atoms with Gasteiger partial charge in [0.25, 0.3) is 0 Å². The Morgan fingerprint density at radius 2 is 1.95 bits per heavy atom. The number of fused-ring (bicyclic) bond motifs is 1. The minimum atomic E-state index is 0.601. The third-order valence-corrected chi connectivity index (χ3v) is 4.07. The van der Waals surface area contributed by atoms with Crippen LogP contribution in [0.2, 0.25) is 5.02 Å². The molecule has 1 N–H and O–H groups in total. The van der Waals surface area contributed by atoms with Gasteiger partial charge in [-0.15, -0.1) is 0 Å². The number of carbonyl (C=O) groups is 1. The van der Waals surface area contributed by atoms with Crippen molar-refractivity contribution in [3.8, 4) is 17.0 Å². The summed E-state index contributed by atoms with van der Waals surface area (Å²) in [5, 5.41) is 1.45. The fourth-order valence-corrected chi connectivity index (χ4v) is 3.07. The van der Waals surface area contributed by atoms with Crippen LogP contribution in [0.4, 0.5) is 0 Å². The van der Waals surface area contributed by atoms with E-state index in [2.05, 4.69) is 4.98 Å². The van der Waals surface area contributed by atoms with E-state index in [1.54, 1.807) is 7.11 Å². The molecule has 0 saturated heterocycles. The first-order valence-electron chi connectivity index (χ1n) is 6.97. The summed E-state index contributed by atoms with van der Waals surface area (Å²) in [6.07, 6.45) is 0.867. The topological polar surface area (TPSA) is 42.1 Å². The lowest BCUT2D eigenvalue weighted by atomic mass is 10.0. The van der Waals surface area contributed by atoms with Crippen LogP contribution in [0.3, 0.4) is 0 Å². The van der Waals surface area contributed by atoms with Crippen LogP contribution in [-0.2, 0) is 0 Å². The van der Waals surface area contributed by atoms with Gasteiger partial charge >= 0.3 is 0 Å². The second-order valence-electron chi connectivity index (χ2n) is 5.38. The van der Waals surface area contributed by atoms with E-state index in [1.807, 2.05) is 44.2 Å². The van der Waals surface area contributed by atoms with Gasteiger partial charge in [-0.05, 0) is 43.7 Å². The summed E-state index contributed by atoms with van der Waals surface area (Å²) < 4.78 is 5.44. The molecule has 112 valence electrons. The molecule has 0 spiro atoms. The lowest BCUT2D eigenvalue weighted by Gasteiger charge is -2.09. The number of nitrogens with one attached hydrogen (secondary N) is 1. The monoisotopic (exact) mass is 313 g/mol. The molecule has 0 aliphatic rings. The average molecular weight is 314 g/mol. The van der Waals surface area contributed by atoms with E-state index in [0.29, 0.717) is 10.6 Å². The highest BCUT2D eigenvalue weighted by Crippen LogP contribution is 2.37. The van der Waals surface area contributed by atoms with Gasteiger partial charge in [0.05, 0.1) is 12.8 Å². The second kappa shape index (κ2) is 5.50. The number of rotatable bonds is 3. The minimum Gasteiger partial charge on any atom is -0.496 e. The van der Waals surface area contributed by atoms with Crippen molar-refractivity contribution in [1.82, 2.24) is 4.98 Å². The number of aryl methyl sites for hydroxylation is 2. The first-order valence-corrected chi connectivity index (χ1v) is 7.35. The standard InChI is InChI=1S/C18H16ClNO2/c1-10-4-5-16(22-3)14(6-10)18-15(9-21)13-8-12(19)7-11(2)17(13)20-18/h4-9,20H,1-3H3. The summed E-state index contributed by atoms with van der Waals surface area (Å²) in [7, 11) is 1.62. The van der Waals surface area contributed by atoms with Gasteiger partial charge in [-0.3, -0.25) is 4.79 Å². The summed E-state index contributed by atoms with van der Waals surface area (Å²) in [4.78, 5) is 15.0. The maximum atomic E-state index is 11.7. The van der Waals surface area contributed by atoms with E-state index >= 15 is 0 Å². The van der Waals surface area contributed by atoms with Crippen molar-refractivity contribution in [2.24, 2.45) is 0 Å². The SMILES string of the molecule is COc1ccc(C)cc1-c1[nH]c2c(C)cc(Cl)cc2c1C=O. The van der Waals surface area contributed by atoms with E-state index in [9.17, 15) is 4.79 Å². The molecule has 0 amide bonds. The zero-order valence-corrected chi connectivity index (χ0v) is 13.4. The van der Waals surface area contributed by atoms with Gasteiger partial charge in [0, 0.05) is 27.1 Å². The molecule has 4 heteroatoms. The van der Waals surface area contributed by atoms with E-state index in [1.165, 1.54) is 0 Å². The Labute approximate surface area is 133 Å². The first kappa shape index (κ1) is 14.7. The van der Waals surface area contributed by atoms with Gasteiger partial charge in [-0.1, -0.05) is 23.2 Å². The summed E-state index contributed by atoms with van der Waals surface area (Å²) in [5.74, 6) is 0.726. The van der Waals surface area contributed by atoms with E-state index in [-0.39, 0.29) is 0 Å². The molecule has 0 radical (unpaired) electrons. The Balaban J connectivity index is 2.39. The predicted octanol–water partition coefficient (Wildman–Crippen LogP) is 4.93. The normalized spacial score (nSPS) is 10.9. The van der Waals surface area contributed by atoms with Crippen LogP contribution in [0, 0.1) is 13.8 Å². The quantitative estimate of drug-likeness (QED) is 0.697. The van der Waals surface area contributed by atoms with E-state index in [0.717, 1.165) is 45.3 Å². The fraction of sp³-hybridized carbons (Fsp3) is 0.167. The van der Waals surface area contributed by atoms with Crippen LogP contribution >= 0.6 is 11.6 Å². The van der Waals surface area contributed by atoms with Gasteiger partial charge in [0.15, 0.2) is 6.29 Å². The molecule has 0 aliphatic carbocycles. The Morgan fingerprint density at radius 1 is 1.18 bits per heavy atom. The molecule has 2 aromatic carbocycles. The van der Waals surface area contributed by atoms with E-state index in [4.69, 9.17) is 16.3 Å². The molecule has 0 saturated carbocycles. The minimum absolute atomic E-state index is 0.601. The molecule has 0 atom stereocenters. The number of halogens is 1. The highest BCUT2D eigenvalue weighted by Gasteiger charge is 2.17. The predicted molar refractivity (Wildman–Crippen MR) is 90.2 cm³/mol. The average Bonchev–Trinajstić information content (AvgIpc) is 2.85. The number of carbonyl (C=O) groups excluding carboxylic acids is 1. The van der Waals surface area contributed by atoms with Gasteiger partial charge in [-0.2, -0.15) is 0 Å². The largest absolute Gasteiger partial charge is 0.496 e. The molecule has 0 aliphatic heterocycles. The maximum absolute atomic E-state index is 11.7. The number of hydrogen-bond donors (Lipinski definition) is 1. The maximum Gasteiger partial charge on any atom is 0.152 e. The third kappa shape index (κ3) is 2.28. The summed E-state index contributed by atoms with van der Waals surface area (Å²) in [6.45, 7) is 3.98. The fourth-order valence-electron chi connectivity index (χ4n) is 2.80. The first-order chi connectivity index (χ1) is 10.5. The summed E-state index contributed by atoms with van der Waals surface area (Å²) in [6, 6.07) is 9.59. The molecule has 0 unspecified atom stereocenters. The Hall–Kier alpha value is -2.26. The molecule has 3 rings (SSSR count). The number of hydrogen-bond acceptors (Lipinski definition) is 2. The van der Waals surface area contributed by atoms with Crippen LogP contribution in [-0.4, -0.2) is 18.4 Å². The van der Waals surface area contributed by atoms with Crippen LogP contribution in [0.1, 0.15) is 21.5 Å². The van der Waals surface area contributed by atoms with Crippen molar-refractivity contribution < 1.29 is 9.53 Å². The van der Waals surface area contributed by atoms with Crippen molar-refractivity contribution in [1.29, 1.82) is 0 Å². The van der Waals surface area contributed by atoms with Gasteiger partial charge in [0.2, 0.25) is 0 Å². The van der Waals surface area contributed by atoms with Crippen LogP contribution < -0.4 is 4.74 Å². The highest BCUT2D eigenvalue weighted by molar-refractivity contribution is 6.31. The molecule has 3 aromatic rings. The number of aromatic nitrogens is 1. The smallest absolute Gasteiger partial charge is 0.152 e. The van der Waals surface area contributed by atoms with Crippen molar-refractivity contribution in [3.63, 3.8) is 0 Å². The Kier molecular flexibility index (Phi) is 3.67. The highest BCUT2D eigenvalue weighted by atomic mass is 35.5. The number of ether oxygens (including phenoxy) is 1. The zero-order valence-electron chi connectivity index (χ0n) is 12.7. The van der Waals surface area contributed by atoms with Crippen molar-refractivity contribution in [2.75, 3.05) is 7.11 Å². The molecule has 0 bridgehead atoms. The van der Waals surface area contributed by atoms with Crippen LogP contribution in [0.25, 0.3) is 22.2 Å². The molecule has 3 nitrogen and oxygen atoms in total. The van der Waals surface area contributed by atoms with Crippen molar-refractivity contribution >= 4 is 28.8 Å². The Bertz CT molecular complexity index is 880. The van der Waals surface area contributed by atoms with Crippen LogP contribution in [0.15, 0.2) is 30.3 Å². The number of benzene rings is 2. The molecule has 22 heavy (non-hydrogen) atoms. The molecule has 0 fully saturated rings. The number of methoxy groups -OCH3 is 1. The lowest BCUT2D eigenvalue weighted by molar-refractivity contribution is 0.112. The summed E-state index contributed by atoms with van der Waals surface area (Å²) >= 11 is 6.14. The third-order valence-electron chi connectivity index (χ3n) is 3.85. The van der Waals surface area contributed by atoms with E-state index < -0.39 is 0 Å². The Morgan fingerprint density at radius 3 is 2.64 bits per heavy atom. The number of aldehydes is 1. The second-order valence-corrected chi connectivity index (χ2v) is 5.82. The van der Waals surface area contributed by atoms with Gasteiger partial charge in [-0.25, -0.2) is 0 Å². The van der Waals surface area contributed by atoms with Crippen molar-refractivity contribution in [3.05, 3.63) is 52.0 Å². The number of aromatic amines is 1. The van der Waals surface area contributed by atoms with Gasteiger partial charge < -0.3 is 9.72 Å². The number of H-pyrrole nitrogens is 1. The molecular weight excluding hydrogens is 298 g/mol. The summed E-state index contributed by atoms with van der Waals surface area (Å²) in [5.41, 5.74) is 5.26. The van der Waals surface area contributed by atoms with Crippen LogP contribution in [0.5, 0.6) is 5.75 Å².